The highest BCUT2D eigenvalue weighted by molar-refractivity contribution is 9.10. The fraction of sp³-hybridized carbons (Fsp3) is 0.600. The highest BCUT2D eigenvalue weighted by Gasteiger charge is 2.08. The van der Waals surface area contributed by atoms with Crippen LogP contribution in [-0.2, 0) is 0 Å². The number of anilines is 1. The van der Waals surface area contributed by atoms with Crippen LogP contribution in [0.15, 0.2) is 17.0 Å². The second kappa shape index (κ2) is 6.74. The maximum absolute atomic E-state index is 4.27. The molecule has 4 nitrogen and oxygen atoms in total. The van der Waals surface area contributed by atoms with Crippen molar-refractivity contribution in [3.63, 3.8) is 0 Å². The van der Waals surface area contributed by atoms with Crippen LogP contribution in [0.2, 0.25) is 0 Å². The van der Waals surface area contributed by atoms with Crippen molar-refractivity contribution in [2.24, 2.45) is 0 Å². The van der Waals surface area contributed by atoms with Crippen molar-refractivity contribution in [2.45, 2.75) is 13.8 Å². The Labute approximate surface area is 99.2 Å². The van der Waals surface area contributed by atoms with Crippen LogP contribution >= 0.6 is 15.9 Å². The predicted molar refractivity (Wildman–Crippen MR) is 66.2 cm³/mol. The van der Waals surface area contributed by atoms with E-state index in [9.17, 15) is 0 Å². The molecule has 0 unspecified atom stereocenters. The largest absolute Gasteiger partial charge is 0.355 e. The van der Waals surface area contributed by atoms with Crippen molar-refractivity contribution < 1.29 is 0 Å². The fourth-order valence-electron chi connectivity index (χ4n) is 1.34. The van der Waals surface area contributed by atoms with Crippen LogP contribution in [0, 0.1) is 0 Å². The molecule has 0 amide bonds. The van der Waals surface area contributed by atoms with Crippen LogP contribution in [0.3, 0.4) is 0 Å². The van der Waals surface area contributed by atoms with Crippen LogP contribution < -0.4 is 10.2 Å². The second-order valence-electron chi connectivity index (χ2n) is 3.13. The lowest BCUT2D eigenvalue weighted by molar-refractivity contribution is 0.682. The van der Waals surface area contributed by atoms with Crippen LogP contribution in [0.1, 0.15) is 13.8 Å². The minimum atomic E-state index is 0.945. The quantitative estimate of drug-likeness (QED) is 0.801. The second-order valence-corrected chi connectivity index (χ2v) is 3.98. The zero-order chi connectivity index (χ0) is 11.1. The first-order chi connectivity index (χ1) is 7.29. The number of halogens is 1. The Kier molecular flexibility index (Phi) is 5.57. The Balaban J connectivity index is 2.61. The summed E-state index contributed by atoms with van der Waals surface area (Å²) in [7, 11) is 0. The summed E-state index contributed by atoms with van der Waals surface area (Å²) in [4.78, 5) is 10.4. The highest BCUT2D eigenvalue weighted by atomic mass is 79.9. The molecule has 0 fully saturated rings. The van der Waals surface area contributed by atoms with E-state index < -0.39 is 0 Å². The molecule has 1 heterocycles. The van der Waals surface area contributed by atoms with Gasteiger partial charge in [0, 0.05) is 25.8 Å². The van der Waals surface area contributed by atoms with E-state index in [1.54, 1.807) is 12.5 Å². The lowest BCUT2D eigenvalue weighted by atomic mass is 10.4. The molecular weight excluding hydrogens is 256 g/mol. The summed E-state index contributed by atoms with van der Waals surface area (Å²) < 4.78 is 0.948. The zero-order valence-electron chi connectivity index (χ0n) is 9.20. The normalized spacial score (nSPS) is 10.3. The number of rotatable bonds is 6. The molecule has 0 aliphatic carbocycles. The summed E-state index contributed by atoms with van der Waals surface area (Å²) in [5.74, 6) is 0.963. The Hall–Kier alpha value is -0.680. The van der Waals surface area contributed by atoms with Crippen molar-refractivity contribution in [3.8, 4) is 0 Å². The van der Waals surface area contributed by atoms with Gasteiger partial charge in [-0.05, 0) is 29.4 Å². The molecule has 0 spiro atoms. The number of hydrogen-bond donors (Lipinski definition) is 1. The van der Waals surface area contributed by atoms with Crippen LogP contribution in [-0.4, -0.2) is 36.1 Å². The van der Waals surface area contributed by atoms with Crippen molar-refractivity contribution in [3.05, 3.63) is 17.0 Å². The fourth-order valence-corrected chi connectivity index (χ4v) is 1.81. The molecule has 1 N–H and O–H groups in total. The van der Waals surface area contributed by atoms with E-state index in [1.165, 1.54) is 0 Å². The van der Waals surface area contributed by atoms with Gasteiger partial charge < -0.3 is 10.2 Å². The molecule has 1 aromatic rings. The predicted octanol–water partition coefficient (Wildman–Crippen LogP) is 1.67. The molecule has 0 aliphatic heterocycles. The molecule has 0 bridgehead atoms. The first kappa shape index (κ1) is 12.4. The van der Waals surface area contributed by atoms with Crippen molar-refractivity contribution in [2.75, 3.05) is 31.1 Å². The van der Waals surface area contributed by atoms with Gasteiger partial charge in [0.05, 0.1) is 4.47 Å². The van der Waals surface area contributed by atoms with Gasteiger partial charge in [-0.2, -0.15) is 0 Å². The smallest absolute Gasteiger partial charge is 0.146 e. The first-order valence-corrected chi connectivity index (χ1v) is 6.00. The lowest BCUT2D eigenvalue weighted by Gasteiger charge is -2.22. The summed E-state index contributed by atoms with van der Waals surface area (Å²) in [5, 5.41) is 3.30. The van der Waals surface area contributed by atoms with E-state index in [1.807, 2.05) is 0 Å². The Morgan fingerprint density at radius 1 is 1.47 bits per heavy atom. The van der Waals surface area contributed by atoms with Crippen LogP contribution in [0.5, 0.6) is 0 Å². The molecule has 84 valence electrons. The molecule has 0 saturated carbocycles. The summed E-state index contributed by atoms with van der Waals surface area (Å²) in [6, 6.07) is 0. The number of hydrogen-bond acceptors (Lipinski definition) is 4. The molecule has 0 aliphatic rings. The van der Waals surface area contributed by atoms with Gasteiger partial charge in [0.1, 0.15) is 12.1 Å². The summed E-state index contributed by atoms with van der Waals surface area (Å²) >= 11 is 3.46. The Bertz CT molecular complexity index is 293. The number of aromatic nitrogens is 2. The van der Waals surface area contributed by atoms with Gasteiger partial charge in [0.2, 0.25) is 0 Å². The monoisotopic (exact) mass is 272 g/mol. The molecule has 0 radical (unpaired) electrons. The Morgan fingerprint density at radius 3 is 2.87 bits per heavy atom. The van der Waals surface area contributed by atoms with E-state index in [4.69, 9.17) is 0 Å². The average Bonchev–Trinajstić information content (AvgIpc) is 2.26. The topological polar surface area (TPSA) is 41.0 Å². The number of nitrogens with zero attached hydrogens (tertiary/aromatic N) is 3. The molecule has 0 saturated heterocycles. The molecule has 1 rings (SSSR count). The molecule has 0 atom stereocenters. The lowest BCUT2D eigenvalue weighted by Crippen LogP contribution is -2.32. The van der Waals surface area contributed by atoms with Gasteiger partial charge in [0.25, 0.3) is 0 Å². The third kappa shape index (κ3) is 3.76. The maximum atomic E-state index is 4.27. The molecular formula is C10H17BrN4. The van der Waals surface area contributed by atoms with Gasteiger partial charge >= 0.3 is 0 Å². The van der Waals surface area contributed by atoms with Gasteiger partial charge in [-0.25, -0.2) is 9.97 Å². The third-order valence-electron chi connectivity index (χ3n) is 2.14. The minimum absolute atomic E-state index is 0.945. The number of likely N-dealkylation sites (N-methyl/N-ethyl adjacent to an activating group) is 2. The van der Waals surface area contributed by atoms with Gasteiger partial charge in [-0.1, -0.05) is 6.92 Å². The van der Waals surface area contributed by atoms with Crippen molar-refractivity contribution >= 4 is 21.7 Å². The van der Waals surface area contributed by atoms with Crippen molar-refractivity contribution in [1.82, 2.24) is 15.3 Å². The number of nitrogens with one attached hydrogen (secondary N) is 1. The maximum Gasteiger partial charge on any atom is 0.146 e. The SMILES string of the molecule is CCNCCN(CC)c1ncncc1Br. The van der Waals surface area contributed by atoms with Gasteiger partial charge in [-0.15, -0.1) is 0 Å². The minimum Gasteiger partial charge on any atom is -0.355 e. The summed E-state index contributed by atoms with van der Waals surface area (Å²) in [5.41, 5.74) is 0. The van der Waals surface area contributed by atoms with Gasteiger partial charge in [0.15, 0.2) is 0 Å². The third-order valence-corrected chi connectivity index (χ3v) is 2.70. The Morgan fingerprint density at radius 2 is 2.27 bits per heavy atom. The van der Waals surface area contributed by atoms with Gasteiger partial charge in [-0.3, -0.25) is 0 Å². The van der Waals surface area contributed by atoms with Crippen molar-refractivity contribution in [1.29, 1.82) is 0 Å². The van der Waals surface area contributed by atoms with Crippen LogP contribution in [0.4, 0.5) is 5.82 Å². The molecule has 5 heteroatoms. The summed E-state index contributed by atoms with van der Waals surface area (Å²) in [6.07, 6.45) is 3.36. The van der Waals surface area contributed by atoms with E-state index in [0.717, 1.165) is 36.5 Å². The van der Waals surface area contributed by atoms with E-state index in [0.29, 0.717) is 0 Å². The highest BCUT2D eigenvalue weighted by Crippen LogP contribution is 2.21. The van der Waals surface area contributed by atoms with E-state index in [-0.39, 0.29) is 0 Å². The average molecular weight is 273 g/mol. The van der Waals surface area contributed by atoms with E-state index in [2.05, 4.69) is 50.0 Å². The molecule has 15 heavy (non-hydrogen) atoms. The first-order valence-electron chi connectivity index (χ1n) is 5.20. The molecule has 1 aromatic heterocycles. The van der Waals surface area contributed by atoms with Crippen LogP contribution in [0.25, 0.3) is 0 Å². The van der Waals surface area contributed by atoms with E-state index >= 15 is 0 Å². The zero-order valence-corrected chi connectivity index (χ0v) is 10.8. The summed E-state index contributed by atoms with van der Waals surface area (Å²) in [6.45, 7) is 8.11. The molecule has 0 aromatic carbocycles. The standard InChI is InChI=1S/C10H17BrN4/c1-3-12-5-6-15(4-2)10-9(11)7-13-8-14-10/h7-8,12H,3-6H2,1-2H3.